The van der Waals surface area contributed by atoms with E-state index < -0.39 is 10.0 Å². The van der Waals surface area contributed by atoms with Crippen LogP contribution in [0.5, 0.6) is 0 Å². The number of aryl methyl sites for hydroxylation is 1. The highest BCUT2D eigenvalue weighted by atomic mass is 32.2. The maximum absolute atomic E-state index is 11.3. The molecule has 19 heavy (non-hydrogen) atoms. The molecule has 0 spiro atoms. The Morgan fingerprint density at radius 2 is 2.26 bits per heavy atom. The predicted octanol–water partition coefficient (Wildman–Crippen LogP) is 1.48. The fourth-order valence-electron chi connectivity index (χ4n) is 2.19. The van der Waals surface area contributed by atoms with E-state index in [1.165, 1.54) is 6.07 Å². The van der Waals surface area contributed by atoms with E-state index in [4.69, 9.17) is 9.88 Å². The lowest BCUT2D eigenvalue weighted by Gasteiger charge is -2.23. The molecule has 0 aromatic heterocycles. The highest BCUT2D eigenvalue weighted by molar-refractivity contribution is 7.89. The minimum absolute atomic E-state index is 0.139. The molecule has 1 aliphatic heterocycles. The summed E-state index contributed by atoms with van der Waals surface area (Å²) < 4.78 is 28.1. The van der Waals surface area contributed by atoms with Gasteiger partial charge in [-0.2, -0.15) is 0 Å². The topological polar surface area (TPSA) is 81.4 Å². The number of rotatable bonds is 4. The molecule has 2 rings (SSSR count). The largest absolute Gasteiger partial charge is 0.384 e. The summed E-state index contributed by atoms with van der Waals surface area (Å²) in [4.78, 5) is 0.139. The second kappa shape index (κ2) is 5.90. The van der Waals surface area contributed by atoms with Crippen molar-refractivity contribution in [1.29, 1.82) is 0 Å². The van der Waals surface area contributed by atoms with E-state index in [1.54, 1.807) is 12.1 Å². The summed E-state index contributed by atoms with van der Waals surface area (Å²) in [6, 6.07) is 4.88. The van der Waals surface area contributed by atoms with Crippen LogP contribution in [0.4, 0.5) is 5.69 Å². The van der Waals surface area contributed by atoms with Crippen LogP contribution in [-0.4, -0.2) is 28.2 Å². The van der Waals surface area contributed by atoms with Gasteiger partial charge in [0.05, 0.1) is 11.5 Å². The maximum Gasteiger partial charge on any atom is 0.238 e. The fourth-order valence-corrected chi connectivity index (χ4v) is 2.73. The molecule has 1 unspecified atom stereocenters. The van der Waals surface area contributed by atoms with Gasteiger partial charge in [-0.1, -0.05) is 6.07 Å². The van der Waals surface area contributed by atoms with Gasteiger partial charge in [0.1, 0.15) is 0 Å². The van der Waals surface area contributed by atoms with E-state index >= 15 is 0 Å². The molecule has 1 saturated heterocycles. The highest BCUT2D eigenvalue weighted by Crippen LogP contribution is 2.21. The second-order valence-electron chi connectivity index (χ2n) is 4.99. The Kier molecular flexibility index (Phi) is 4.44. The number of anilines is 1. The smallest absolute Gasteiger partial charge is 0.238 e. The number of nitrogens with one attached hydrogen (secondary N) is 1. The van der Waals surface area contributed by atoms with Crippen LogP contribution in [0.3, 0.4) is 0 Å². The molecule has 1 aromatic carbocycles. The molecule has 6 heteroatoms. The third-order valence-electron chi connectivity index (χ3n) is 3.37. The molecule has 0 aliphatic carbocycles. The van der Waals surface area contributed by atoms with Gasteiger partial charge in [0.25, 0.3) is 0 Å². The van der Waals surface area contributed by atoms with E-state index in [1.807, 2.05) is 6.92 Å². The Morgan fingerprint density at radius 1 is 1.47 bits per heavy atom. The van der Waals surface area contributed by atoms with E-state index in [0.29, 0.717) is 5.92 Å². The number of benzene rings is 1. The minimum atomic E-state index is -3.65. The summed E-state index contributed by atoms with van der Waals surface area (Å²) in [5.74, 6) is 0.478. The van der Waals surface area contributed by atoms with Crippen LogP contribution in [0.25, 0.3) is 0 Å². The molecule has 0 radical (unpaired) electrons. The van der Waals surface area contributed by atoms with E-state index in [2.05, 4.69) is 5.32 Å². The van der Waals surface area contributed by atoms with Crippen molar-refractivity contribution in [3.63, 3.8) is 0 Å². The van der Waals surface area contributed by atoms with E-state index in [0.717, 1.165) is 43.9 Å². The van der Waals surface area contributed by atoms with Crippen molar-refractivity contribution in [3.05, 3.63) is 23.8 Å². The lowest BCUT2D eigenvalue weighted by Crippen LogP contribution is -2.24. The van der Waals surface area contributed by atoms with E-state index in [9.17, 15) is 8.42 Å². The summed E-state index contributed by atoms with van der Waals surface area (Å²) in [6.07, 6.45) is 2.23. The number of sulfonamides is 1. The van der Waals surface area contributed by atoms with Gasteiger partial charge in [-0.05, 0) is 43.4 Å². The standard InChI is InChI=1S/C13H20N2O3S/c1-10-4-5-12(19(14,16)17)7-13(10)15-8-11-3-2-6-18-9-11/h4-5,7,11,15H,2-3,6,8-9H2,1H3,(H2,14,16,17). The number of ether oxygens (including phenoxy) is 1. The van der Waals surface area contributed by atoms with Gasteiger partial charge in [-0.3, -0.25) is 0 Å². The summed E-state index contributed by atoms with van der Waals surface area (Å²) >= 11 is 0. The third-order valence-corrected chi connectivity index (χ3v) is 4.28. The van der Waals surface area contributed by atoms with Crippen molar-refractivity contribution in [2.45, 2.75) is 24.7 Å². The SMILES string of the molecule is Cc1ccc(S(N)(=O)=O)cc1NCC1CCCOC1. The molecule has 5 nitrogen and oxygen atoms in total. The van der Waals surface area contributed by atoms with Crippen LogP contribution in [-0.2, 0) is 14.8 Å². The van der Waals surface area contributed by atoms with Crippen molar-refractivity contribution in [2.24, 2.45) is 11.1 Å². The van der Waals surface area contributed by atoms with Crippen molar-refractivity contribution in [2.75, 3.05) is 25.1 Å². The van der Waals surface area contributed by atoms with Crippen LogP contribution in [0.15, 0.2) is 23.1 Å². The molecule has 0 bridgehead atoms. The Labute approximate surface area is 114 Å². The third kappa shape index (κ3) is 3.92. The molecule has 0 saturated carbocycles. The van der Waals surface area contributed by atoms with Gasteiger partial charge < -0.3 is 10.1 Å². The minimum Gasteiger partial charge on any atom is -0.384 e. The first kappa shape index (κ1) is 14.3. The molecule has 0 amide bonds. The number of primary sulfonamides is 1. The molecule has 1 atom stereocenters. The quantitative estimate of drug-likeness (QED) is 0.877. The molecular formula is C13H20N2O3S. The zero-order valence-electron chi connectivity index (χ0n) is 11.1. The van der Waals surface area contributed by atoms with Gasteiger partial charge in [0.2, 0.25) is 10.0 Å². The fraction of sp³-hybridized carbons (Fsp3) is 0.538. The van der Waals surface area contributed by atoms with Crippen LogP contribution in [0.1, 0.15) is 18.4 Å². The average molecular weight is 284 g/mol. The average Bonchev–Trinajstić information content (AvgIpc) is 2.37. The molecule has 1 aromatic rings. The maximum atomic E-state index is 11.3. The summed E-state index contributed by atoms with van der Waals surface area (Å²) in [5, 5.41) is 8.43. The summed E-state index contributed by atoms with van der Waals surface area (Å²) in [5.41, 5.74) is 1.82. The van der Waals surface area contributed by atoms with Crippen LogP contribution < -0.4 is 10.5 Å². The van der Waals surface area contributed by atoms with Crippen LogP contribution in [0.2, 0.25) is 0 Å². The molecule has 1 fully saturated rings. The first-order chi connectivity index (χ1) is 8.97. The van der Waals surface area contributed by atoms with Crippen molar-refractivity contribution in [3.8, 4) is 0 Å². The summed E-state index contributed by atoms with van der Waals surface area (Å²) in [7, 11) is -3.65. The Hall–Kier alpha value is -1.11. The zero-order valence-corrected chi connectivity index (χ0v) is 11.9. The molecule has 106 valence electrons. The molecular weight excluding hydrogens is 264 g/mol. The zero-order chi connectivity index (χ0) is 13.9. The van der Waals surface area contributed by atoms with Gasteiger partial charge in [0, 0.05) is 18.8 Å². The summed E-state index contributed by atoms with van der Waals surface area (Å²) in [6.45, 7) is 4.33. The van der Waals surface area contributed by atoms with Crippen molar-refractivity contribution >= 4 is 15.7 Å². The molecule has 1 aliphatic rings. The van der Waals surface area contributed by atoms with Gasteiger partial charge in [0.15, 0.2) is 0 Å². The Balaban J connectivity index is 2.06. The number of hydrogen-bond donors (Lipinski definition) is 2. The van der Waals surface area contributed by atoms with Gasteiger partial charge >= 0.3 is 0 Å². The van der Waals surface area contributed by atoms with Crippen molar-refractivity contribution in [1.82, 2.24) is 0 Å². The van der Waals surface area contributed by atoms with Crippen LogP contribution >= 0.6 is 0 Å². The lowest BCUT2D eigenvalue weighted by atomic mass is 10.0. The van der Waals surface area contributed by atoms with Gasteiger partial charge in [-0.15, -0.1) is 0 Å². The predicted molar refractivity (Wildman–Crippen MR) is 74.6 cm³/mol. The lowest BCUT2D eigenvalue weighted by molar-refractivity contribution is 0.0595. The molecule has 1 heterocycles. The molecule has 3 N–H and O–H groups in total. The monoisotopic (exact) mass is 284 g/mol. The number of nitrogens with two attached hydrogens (primary N) is 1. The Morgan fingerprint density at radius 3 is 2.89 bits per heavy atom. The number of hydrogen-bond acceptors (Lipinski definition) is 4. The first-order valence-electron chi connectivity index (χ1n) is 6.42. The van der Waals surface area contributed by atoms with Crippen LogP contribution in [0, 0.1) is 12.8 Å². The first-order valence-corrected chi connectivity index (χ1v) is 7.96. The normalized spacial score (nSPS) is 20.2. The second-order valence-corrected chi connectivity index (χ2v) is 6.55. The van der Waals surface area contributed by atoms with E-state index in [-0.39, 0.29) is 4.90 Å². The Bertz CT molecular complexity index is 537. The highest BCUT2D eigenvalue weighted by Gasteiger charge is 2.15. The van der Waals surface area contributed by atoms with Crippen molar-refractivity contribution < 1.29 is 13.2 Å². The van der Waals surface area contributed by atoms with Gasteiger partial charge in [-0.25, -0.2) is 13.6 Å².